The van der Waals surface area contributed by atoms with E-state index in [2.05, 4.69) is 59.4 Å². The van der Waals surface area contributed by atoms with E-state index in [0.717, 1.165) is 34.0 Å². The molecule has 1 unspecified atom stereocenters. The molecule has 1 N–H and O–H groups in total. The van der Waals surface area contributed by atoms with Crippen LogP contribution in [0.1, 0.15) is 36.6 Å². The van der Waals surface area contributed by atoms with E-state index >= 15 is 0 Å². The lowest BCUT2D eigenvalue weighted by atomic mass is 9.92. The van der Waals surface area contributed by atoms with Crippen LogP contribution in [-0.4, -0.2) is 26.3 Å². The van der Waals surface area contributed by atoms with Crippen LogP contribution in [0.25, 0.3) is 16.7 Å². The van der Waals surface area contributed by atoms with Crippen LogP contribution in [0.15, 0.2) is 21.6 Å². The largest absolute Gasteiger partial charge is 0.296 e. The molecule has 4 rings (SSSR count). The zero-order valence-corrected chi connectivity index (χ0v) is 15.7. The summed E-state index contributed by atoms with van der Waals surface area (Å²) in [5.41, 5.74) is 9.22. The molecule has 2 aromatic heterocycles. The first-order chi connectivity index (χ1) is 11.4. The minimum absolute atomic E-state index is 0.176. The van der Waals surface area contributed by atoms with Gasteiger partial charge in [0.2, 0.25) is 0 Å². The smallest absolute Gasteiger partial charge is 0.149 e. The van der Waals surface area contributed by atoms with Crippen LogP contribution < -0.4 is 4.72 Å². The van der Waals surface area contributed by atoms with E-state index in [1.54, 1.807) is 0 Å². The molecule has 2 aromatic rings. The predicted molar refractivity (Wildman–Crippen MR) is 101 cm³/mol. The highest BCUT2D eigenvalue weighted by molar-refractivity contribution is 7.96. The number of rotatable bonds is 1. The monoisotopic (exact) mass is 339 g/mol. The highest BCUT2D eigenvalue weighted by atomic mass is 32.2. The van der Waals surface area contributed by atoms with Gasteiger partial charge in [-0.25, -0.2) is 19.1 Å². The van der Waals surface area contributed by atoms with Crippen molar-refractivity contribution in [3.63, 3.8) is 0 Å². The summed E-state index contributed by atoms with van der Waals surface area (Å²) in [5, 5.41) is 1.15. The van der Waals surface area contributed by atoms with Crippen LogP contribution in [0.3, 0.4) is 0 Å². The normalized spacial score (nSPS) is 20.5. The Bertz CT molecular complexity index is 977. The summed E-state index contributed by atoms with van der Waals surface area (Å²) >= 11 is 1.42. The summed E-state index contributed by atoms with van der Waals surface area (Å²) in [6, 6.07) is 0.176. The van der Waals surface area contributed by atoms with Gasteiger partial charge < -0.3 is 0 Å². The minimum atomic E-state index is 0.176. The van der Waals surface area contributed by atoms with Gasteiger partial charge >= 0.3 is 0 Å². The van der Waals surface area contributed by atoms with Crippen molar-refractivity contribution in [3.05, 3.63) is 40.0 Å². The Morgan fingerprint density at radius 2 is 1.83 bits per heavy atom. The molecule has 0 saturated carbocycles. The Morgan fingerprint density at radius 1 is 1.08 bits per heavy atom. The van der Waals surface area contributed by atoms with Gasteiger partial charge in [0, 0.05) is 11.1 Å². The molecule has 0 spiro atoms. The summed E-state index contributed by atoms with van der Waals surface area (Å²) < 4.78 is 10.3. The standard InChI is InChI=1S/C18H21N5S/c1-8-7-9(2)17(16-15(8)21-24-22-16)23-12(5)10(3)14-11(4)19-13(6)20-18(14)23/h7,15,21H,1-6H3. The molecule has 6 heteroatoms. The molecule has 3 heterocycles. The van der Waals surface area contributed by atoms with Crippen LogP contribution in [0, 0.1) is 27.7 Å². The van der Waals surface area contributed by atoms with Crippen LogP contribution >= 0.6 is 12.1 Å². The number of nitrogens with zero attached hydrogens (tertiary/aromatic N) is 4. The summed E-state index contributed by atoms with van der Waals surface area (Å²) in [6.07, 6.45) is 2.25. The molecular weight excluding hydrogens is 318 g/mol. The Morgan fingerprint density at radius 3 is 2.58 bits per heavy atom. The van der Waals surface area contributed by atoms with Crippen molar-refractivity contribution >= 4 is 34.6 Å². The molecule has 1 aliphatic heterocycles. The van der Waals surface area contributed by atoms with Crippen molar-refractivity contribution in [2.24, 2.45) is 4.40 Å². The van der Waals surface area contributed by atoms with Crippen LogP contribution in [0.5, 0.6) is 0 Å². The van der Waals surface area contributed by atoms with Gasteiger partial charge in [0.25, 0.3) is 0 Å². The zero-order chi connectivity index (χ0) is 17.2. The molecule has 24 heavy (non-hydrogen) atoms. The second-order valence-electron chi connectivity index (χ2n) is 6.64. The highest BCUT2D eigenvalue weighted by Gasteiger charge is 2.33. The molecule has 124 valence electrons. The first kappa shape index (κ1) is 15.6. The maximum Gasteiger partial charge on any atom is 0.149 e. The van der Waals surface area contributed by atoms with Gasteiger partial charge in [-0.15, -0.1) is 0 Å². The van der Waals surface area contributed by atoms with E-state index in [0.29, 0.717) is 0 Å². The van der Waals surface area contributed by atoms with Gasteiger partial charge in [-0.05, 0) is 58.3 Å². The number of allylic oxidation sites excluding steroid dienone is 2. The van der Waals surface area contributed by atoms with Crippen molar-refractivity contribution in [1.29, 1.82) is 0 Å². The molecular formula is C18H21N5S. The highest BCUT2D eigenvalue weighted by Crippen LogP contribution is 2.36. The molecule has 0 fully saturated rings. The molecule has 1 aliphatic carbocycles. The summed E-state index contributed by atoms with van der Waals surface area (Å²) in [4.78, 5) is 9.34. The summed E-state index contributed by atoms with van der Waals surface area (Å²) in [7, 11) is 0. The maximum atomic E-state index is 4.78. The molecule has 1 atom stereocenters. The van der Waals surface area contributed by atoms with E-state index in [4.69, 9.17) is 4.98 Å². The average molecular weight is 339 g/mol. The predicted octanol–water partition coefficient (Wildman–Crippen LogP) is 3.83. The van der Waals surface area contributed by atoms with E-state index in [1.165, 1.54) is 34.5 Å². The van der Waals surface area contributed by atoms with Crippen molar-refractivity contribution < 1.29 is 0 Å². The summed E-state index contributed by atoms with van der Waals surface area (Å²) in [6.45, 7) is 12.6. The molecule has 0 bridgehead atoms. The average Bonchev–Trinajstić information content (AvgIpc) is 3.07. The first-order valence-corrected chi connectivity index (χ1v) is 8.89. The number of hydrogen-bond acceptors (Lipinski definition) is 5. The minimum Gasteiger partial charge on any atom is -0.296 e. The fourth-order valence-corrected chi connectivity index (χ4v) is 4.53. The Hall–Kier alpha value is -1.92. The van der Waals surface area contributed by atoms with Crippen LogP contribution in [0.4, 0.5) is 0 Å². The van der Waals surface area contributed by atoms with Gasteiger partial charge in [0.05, 0.1) is 35.3 Å². The number of aromatic nitrogens is 3. The number of hydrogen-bond donors (Lipinski definition) is 1. The molecule has 5 nitrogen and oxygen atoms in total. The second kappa shape index (κ2) is 5.29. The van der Waals surface area contributed by atoms with Crippen molar-refractivity contribution in [2.75, 3.05) is 0 Å². The number of nitrogens with one attached hydrogen (secondary N) is 1. The van der Waals surface area contributed by atoms with E-state index < -0.39 is 0 Å². The lowest BCUT2D eigenvalue weighted by Gasteiger charge is -2.24. The fourth-order valence-electron chi connectivity index (χ4n) is 3.79. The number of aryl methyl sites for hydroxylation is 3. The molecule has 2 aliphatic rings. The molecule has 0 saturated heterocycles. The Balaban J connectivity index is 2.11. The quantitative estimate of drug-likeness (QED) is 0.802. The second-order valence-corrected chi connectivity index (χ2v) is 7.24. The van der Waals surface area contributed by atoms with E-state index in [1.807, 2.05) is 6.92 Å². The molecule has 0 amide bonds. The van der Waals surface area contributed by atoms with Crippen LogP contribution in [0.2, 0.25) is 0 Å². The third-order valence-corrected chi connectivity index (χ3v) is 5.60. The van der Waals surface area contributed by atoms with Crippen molar-refractivity contribution in [1.82, 2.24) is 19.3 Å². The summed E-state index contributed by atoms with van der Waals surface area (Å²) in [5.74, 6) is 0.803. The first-order valence-electron chi connectivity index (χ1n) is 8.12. The van der Waals surface area contributed by atoms with E-state index in [-0.39, 0.29) is 6.04 Å². The maximum absolute atomic E-state index is 4.78. The molecule has 0 radical (unpaired) electrons. The van der Waals surface area contributed by atoms with Crippen molar-refractivity contribution in [3.8, 4) is 0 Å². The topological polar surface area (TPSA) is 55.1 Å². The lowest BCUT2D eigenvalue weighted by Crippen LogP contribution is -2.34. The van der Waals surface area contributed by atoms with Crippen LogP contribution in [-0.2, 0) is 0 Å². The molecule has 0 aromatic carbocycles. The Kier molecular flexibility index (Phi) is 3.44. The van der Waals surface area contributed by atoms with Crippen molar-refractivity contribution in [2.45, 2.75) is 47.6 Å². The van der Waals surface area contributed by atoms with Gasteiger partial charge in [-0.2, -0.15) is 0 Å². The van der Waals surface area contributed by atoms with Gasteiger partial charge in [0.1, 0.15) is 11.5 Å². The SMILES string of the molecule is CC1=CC(C)=C(n2c(C)c(C)c3c(C)nc(C)nc32)C2=NSNC12. The fraction of sp³-hybridized carbons (Fsp3) is 0.389. The lowest BCUT2D eigenvalue weighted by molar-refractivity contribution is 0.916. The third kappa shape index (κ3) is 2.03. The van der Waals surface area contributed by atoms with Gasteiger partial charge in [0.15, 0.2) is 0 Å². The number of fused-ring (bicyclic) bond motifs is 2. The van der Waals surface area contributed by atoms with E-state index in [9.17, 15) is 0 Å². The van der Waals surface area contributed by atoms with Gasteiger partial charge in [-0.1, -0.05) is 6.08 Å². The zero-order valence-electron chi connectivity index (χ0n) is 14.9. The Labute approximate surface area is 146 Å². The van der Waals surface area contributed by atoms with Gasteiger partial charge in [-0.3, -0.25) is 4.57 Å². The third-order valence-electron chi connectivity index (χ3n) is 4.97.